The molecular weight excluding hydrogens is 467 g/mol. The summed E-state index contributed by atoms with van der Waals surface area (Å²) in [5.41, 5.74) is -0.682. The van der Waals surface area contributed by atoms with Gasteiger partial charge in [0.25, 0.3) is 0 Å². The molecular formula is C19H12BrF5O4. The zero-order valence-electron chi connectivity index (χ0n) is 15.0. The topological polar surface area (TPSA) is 48.7 Å². The van der Waals surface area contributed by atoms with Crippen LogP contribution in [-0.2, 0) is 11.3 Å². The third-order valence-electron chi connectivity index (χ3n) is 4.07. The van der Waals surface area contributed by atoms with Crippen LogP contribution in [0.25, 0.3) is 11.0 Å². The predicted octanol–water partition coefficient (Wildman–Crippen LogP) is 5.95. The highest BCUT2D eigenvalue weighted by molar-refractivity contribution is 9.10. The van der Waals surface area contributed by atoms with Crippen molar-refractivity contribution in [2.75, 3.05) is 6.61 Å². The molecule has 0 fully saturated rings. The molecule has 10 heteroatoms. The van der Waals surface area contributed by atoms with Gasteiger partial charge in [0, 0.05) is 5.39 Å². The maximum atomic E-state index is 13.8. The fourth-order valence-corrected chi connectivity index (χ4v) is 3.15. The molecule has 154 valence electrons. The van der Waals surface area contributed by atoms with Crippen LogP contribution in [0.4, 0.5) is 22.0 Å². The molecule has 1 heterocycles. The number of hydrogen-bond donors (Lipinski definition) is 0. The van der Waals surface area contributed by atoms with E-state index in [1.807, 2.05) is 0 Å². The summed E-state index contributed by atoms with van der Waals surface area (Å²) in [6.07, 6.45) is 0. The van der Waals surface area contributed by atoms with E-state index in [-0.39, 0.29) is 28.2 Å². The summed E-state index contributed by atoms with van der Waals surface area (Å²) < 4.78 is 83.5. The molecule has 0 radical (unpaired) electrons. The number of benzene rings is 2. The summed E-state index contributed by atoms with van der Waals surface area (Å²) in [5.74, 6) is -10.7. The minimum Gasteiger partial charge on any atom is -0.487 e. The molecule has 1 aromatic heterocycles. The van der Waals surface area contributed by atoms with Gasteiger partial charge in [-0.1, -0.05) is 0 Å². The van der Waals surface area contributed by atoms with Gasteiger partial charge in [0.15, 0.2) is 23.3 Å². The second-order valence-corrected chi connectivity index (χ2v) is 6.72. The summed E-state index contributed by atoms with van der Waals surface area (Å²) in [5, 5.41) is 0.302. The fraction of sp³-hybridized carbons (Fsp3) is 0.211. The molecule has 0 saturated heterocycles. The first-order valence-corrected chi connectivity index (χ1v) is 8.99. The van der Waals surface area contributed by atoms with Crippen LogP contribution in [0.3, 0.4) is 0 Å². The number of carbonyl (C=O) groups excluding carboxylic acids is 1. The Morgan fingerprint density at radius 1 is 1.03 bits per heavy atom. The van der Waals surface area contributed by atoms with Crippen molar-refractivity contribution >= 4 is 32.9 Å². The van der Waals surface area contributed by atoms with Gasteiger partial charge in [0.2, 0.25) is 5.82 Å². The number of furan rings is 1. The standard InChI is InChI=1S/C19H12BrF5O4/c1-3-27-19(26)13-7(2)29-11-5-10(20)12(4-8(11)13)28-6-9-14(21)16(23)18(25)17(24)15(9)22/h4-5H,3,6H2,1-2H3. The molecule has 29 heavy (non-hydrogen) atoms. The smallest absolute Gasteiger partial charge is 0.342 e. The molecule has 0 N–H and O–H groups in total. The van der Waals surface area contributed by atoms with E-state index in [1.165, 1.54) is 12.1 Å². The zero-order chi connectivity index (χ0) is 21.5. The highest BCUT2D eigenvalue weighted by Gasteiger charge is 2.26. The summed E-state index contributed by atoms with van der Waals surface area (Å²) >= 11 is 3.17. The second kappa shape index (κ2) is 8.02. The molecule has 2 aromatic carbocycles. The molecule has 0 aliphatic rings. The first kappa shape index (κ1) is 21.1. The normalized spacial score (nSPS) is 11.2. The summed E-state index contributed by atoms with van der Waals surface area (Å²) in [7, 11) is 0. The van der Waals surface area contributed by atoms with Gasteiger partial charge in [-0.3, -0.25) is 0 Å². The van der Waals surface area contributed by atoms with Gasteiger partial charge in [-0.15, -0.1) is 0 Å². The van der Waals surface area contributed by atoms with Crippen molar-refractivity contribution in [1.29, 1.82) is 0 Å². The molecule has 3 rings (SSSR count). The Labute approximate surface area is 169 Å². The fourth-order valence-electron chi connectivity index (χ4n) is 2.72. The Morgan fingerprint density at radius 2 is 1.62 bits per heavy atom. The number of ether oxygens (including phenoxy) is 2. The number of rotatable bonds is 5. The van der Waals surface area contributed by atoms with Crippen LogP contribution < -0.4 is 4.74 Å². The van der Waals surface area contributed by atoms with Crippen LogP contribution in [0.1, 0.15) is 28.6 Å². The van der Waals surface area contributed by atoms with Crippen molar-refractivity contribution in [1.82, 2.24) is 0 Å². The lowest BCUT2D eigenvalue weighted by atomic mass is 10.1. The van der Waals surface area contributed by atoms with Crippen LogP contribution in [0.2, 0.25) is 0 Å². The Morgan fingerprint density at radius 3 is 2.21 bits per heavy atom. The van der Waals surface area contributed by atoms with E-state index < -0.39 is 47.2 Å². The number of halogens is 6. The van der Waals surface area contributed by atoms with Crippen LogP contribution in [0, 0.1) is 36.0 Å². The van der Waals surface area contributed by atoms with E-state index in [0.717, 1.165) is 0 Å². The molecule has 0 atom stereocenters. The van der Waals surface area contributed by atoms with Crippen molar-refractivity contribution < 1.29 is 40.6 Å². The van der Waals surface area contributed by atoms with E-state index in [2.05, 4.69) is 15.9 Å². The molecule has 0 bridgehead atoms. The quantitative estimate of drug-likeness (QED) is 0.196. The van der Waals surface area contributed by atoms with Gasteiger partial charge < -0.3 is 13.9 Å². The minimum atomic E-state index is -2.25. The molecule has 0 spiro atoms. The first-order chi connectivity index (χ1) is 13.7. The second-order valence-electron chi connectivity index (χ2n) is 5.87. The monoisotopic (exact) mass is 478 g/mol. The number of aryl methyl sites for hydroxylation is 1. The Balaban J connectivity index is 2.01. The first-order valence-electron chi connectivity index (χ1n) is 8.20. The third kappa shape index (κ3) is 3.68. The van der Waals surface area contributed by atoms with Gasteiger partial charge in [-0.25, -0.2) is 26.7 Å². The molecule has 0 saturated carbocycles. The highest BCUT2D eigenvalue weighted by atomic mass is 79.9. The third-order valence-corrected chi connectivity index (χ3v) is 4.69. The molecule has 0 amide bonds. The molecule has 0 unspecified atom stereocenters. The lowest BCUT2D eigenvalue weighted by molar-refractivity contribution is 0.0526. The van der Waals surface area contributed by atoms with Gasteiger partial charge >= 0.3 is 5.97 Å². The summed E-state index contributed by atoms with van der Waals surface area (Å²) in [6.45, 7) is 2.37. The minimum absolute atomic E-state index is 0.00668. The number of carbonyl (C=O) groups is 1. The van der Waals surface area contributed by atoms with Gasteiger partial charge in [-0.2, -0.15) is 0 Å². The largest absolute Gasteiger partial charge is 0.487 e. The zero-order valence-corrected chi connectivity index (χ0v) is 16.6. The van der Waals surface area contributed by atoms with Crippen LogP contribution >= 0.6 is 15.9 Å². The molecule has 4 nitrogen and oxygen atoms in total. The Hall–Kier alpha value is -2.62. The number of fused-ring (bicyclic) bond motifs is 1. The van der Waals surface area contributed by atoms with Crippen molar-refractivity contribution in [2.45, 2.75) is 20.5 Å². The average molecular weight is 479 g/mol. The maximum Gasteiger partial charge on any atom is 0.342 e. The molecule has 3 aromatic rings. The highest BCUT2D eigenvalue weighted by Crippen LogP contribution is 2.36. The van der Waals surface area contributed by atoms with Gasteiger partial charge in [-0.05, 0) is 41.9 Å². The van der Waals surface area contributed by atoms with E-state index in [0.29, 0.717) is 11.0 Å². The van der Waals surface area contributed by atoms with Crippen molar-refractivity contribution in [2.24, 2.45) is 0 Å². The Kier molecular flexibility index (Phi) is 5.83. The maximum absolute atomic E-state index is 13.8. The number of esters is 1. The number of hydrogen-bond acceptors (Lipinski definition) is 4. The van der Waals surface area contributed by atoms with Gasteiger partial charge in [0.05, 0.1) is 16.6 Å². The van der Waals surface area contributed by atoms with Crippen molar-refractivity contribution in [3.63, 3.8) is 0 Å². The lowest BCUT2D eigenvalue weighted by Gasteiger charge is -2.11. The van der Waals surface area contributed by atoms with E-state index in [4.69, 9.17) is 13.9 Å². The average Bonchev–Trinajstić information content (AvgIpc) is 2.99. The van der Waals surface area contributed by atoms with Gasteiger partial charge in [0.1, 0.15) is 29.3 Å². The van der Waals surface area contributed by atoms with E-state index >= 15 is 0 Å². The summed E-state index contributed by atoms with van der Waals surface area (Å²) in [6, 6.07) is 2.78. The SMILES string of the molecule is CCOC(=O)c1c(C)oc2cc(Br)c(OCc3c(F)c(F)c(F)c(F)c3F)cc12. The molecule has 0 aliphatic heterocycles. The van der Waals surface area contributed by atoms with Crippen LogP contribution in [-0.4, -0.2) is 12.6 Å². The van der Waals surface area contributed by atoms with Crippen LogP contribution in [0.5, 0.6) is 5.75 Å². The van der Waals surface area contributed by atoms with E-state index in [1.54, 1.807) is 13.8 Å². The van der Waals surface area contributed by atoms with Crippen molar-refractivity contribution in [3.05, 3.63) is 62.6 Å². The lowest BCUT2D eigenvalue weighted by Crippen LogP contribution is -2.10. The van der Waals surface area contributed by atoms with E-state index in [9.17, 15) is 26.7 Å². The van der Waals surface area contributed by atoms with Crippen LogP contribution in [0.15, 0.2) is 21.0 Å². The predicted molar refractivity (Wildman–Crippen MR) is 95.2 cm³/mol. The van der Waals surface area contributed by atoms with Crippen molar-refractivity contribution in [3.8, 4) is 5.75 Å². The summed E-state index contributed by atoms with van der Waals surface area (Å²) in [4.78, 5) is 12.2. The Bertz CT molecular complexity index is 1100. The molecule has 0 aliphatic carbocycles.